The van der Waals surface area contributed by atoms with E-state index in [2.05, 4.69) is 4.98 Å². The van der Waals surface area contributed by atoms with Gasteiger partial charge in [-0.25, -0.2) is 9.78 Å². The van der Waals surface area contributed by atoms with Crippen molar-refractivity contribution in [1.29, 1.82) is 0 Å². The van der Waals surface area contributed by atoms with Crippen molar-refractivity contribution in [3.8, 4) is 0 Å². The van der Waals surface area contributed by atoms with Crippen molar-refractivity contribution < 1.29 is 23.1 Å². The molecule has 0 bridgehead atoms. The van der Waals surface area contributed by atoms with E-state index < -0.39 is 18.1 Å². The SMILES string of the molecule is O=C(O)N1CCn2c(cnc2C(F)(F)F)C1. The van der Waals surface area contributed by atoms with Crippen molar-refractivity contribution in [2.24, 2.45) is 0 Å². The lowest BCUT2D eigenvalue weighted by molar-refractivity contribution is -0.147. The molecular weight excluding hydrogens is 227 g/mol. The van der Waals surface area contributed by atoms with E-state index in [0.29, 0.717) is 0 Å². The quantitative estimate of drug-likeness (QED) is 0.739. The summed E-state index contributed by atoms with van der Waals surface area (Å²) in [5.74, 6) is -0.965. The lowest BCUT2D eigenvalue weighted by Gasteiger charge is -2.26. The highest BCUT2D eigenvalue weighted by Crippen LogP contribution is 2.30. The second-order valence-corrected chi connectivity index (χ2v) is 3.43. The van der Waals surface area contributed by atoms with E-state index in [-0.39, 0.29) is 25.3 Å². The normalized spacial score (nSPS) is 16.1. The number of nitrogens with zero attached hydrogens (tertiary/aromatic N) is 3. The molecule has 1 aliphatic heterocycles. The van der Waals surface area contributed by atoms with Crippen molar-refractivity contribution in [2.45, 2.75) is 19.3 Å². The predicted molar refractivity (Wildman–Crippen MR) is 45.7 cm³/mol. The summed E-state index contributed by atoms with van der Waals surface area (Å²) < 4.78 is 38.4. The molecule has 1 aromatic rings. The van der Waals surface area contributed by atoms with Gasteiger partial charge in [-0.1, -0.05) is 0 Å². The summed E-state index contributed by atoms with van der Waals surface area (Å²) in [6, 6.07) is 0. The number of amides is 1. The Labute approximate surface area is 88.1 Å². The molecule has 0 spiro atoms. The maximum atomic E-state index is 12.5. The Bertz CT molecular complexity index is 427. The molecule has 0 atom stereocenters. The molecule has 2 heterocycles. The molecule has 1 amide bonds. The van der Waals surface area contributed by atoms with Gasteiger partial charge in [-0.05, 0) is 0 Å². The summed E-state index contributed by atoms with van der Waals surface area (Å²) >= 11 is 0. The zero-order chi connectivity index (χ0) is 11.9. The van der Waals surface area contributed by atoms with Gasteiger partial charge < -0.3 is 14.6 Å². The highest BCUT2D eigenvalue weighted by atomic mass is 19.4. The molecule has 0 saturated carbocycles. The lowest BCUT2D eigenvalue weighted by Crippen LogP contribution is -2.38. The molecule has 16 heavy (non-hydrogen) atoms. The van der Waals surface area contributed by atoms with Crippen LogP contribution in [0.5, 0.6) is 0 Å². The third kappa shape index (κ3) is 1.70. The number of hydrogen-bond donors (Lipinski definition) is 1. The van der Waals surface area contributed by atoms with Gasteiger partial charge in [0, 0.05) is 13.1 Å². The summed E-state index contributed by atoms with van der Waals surface area (Å²) in [7, 11) is 0. The summed E-state index contributed by atoms with van der Waals surface area (Å²) in [5.41, 5.74) is 0.265. The summed E-state index contributed by atoms with van der Waals surface area (Å²) in [5, 5.41) is 8.70. The van der Waals surface area contributed by atoms with Crippen LogP contribution in [0.25, 0.3) is 0 Å². The summed E-state index contributed by atoms with van der Waals surface area (Å²) in [6.07, 6.45) is -4.57. The number of halogens is 3. The topological polar surface area (TPSA) is 58.4 Å². The first-order valence-corrected chi connectivity index (χ1v) is 4.49. The monoisotopic (exact) mass is 235 g/mol. The van der Waals surface area contributed by atoms with Crippen LogP contribution in [0, 0.1) is 0 Å². The van der Waals surface area contributed by atoms with Crippen LogP contribution in [0.1, 0.15) is 11.5 Å². The number of carbonyl (C=O) groups is 1. The van der Waals surface area contributed by atoms with Crippen LogP contribution in [0.2, 0.25) is 0 Å². The van der Waals surface area contributed by atoms with Crippen molar-refractivity contribution in [1.82, 2.24) is 14.5 Å². The number of carboxylic acid groups (broad SMARTS) is 1. The van der Waals surface area contributed by atoms with Gasteiger partial charge in [-0.2, -0.15) is 13.2 Å². The molecule has 1 aromatic heterocycles. The molecule has 0 unspecified atom stereocenters. The van der Waals surface area contributed by atoms with E-state index in [1.165, 1.54) is 0 Å². The van der Waals surface area contributed by atoms with Gasteiger partial charge in [0.1, 0.15) is 0 Å². The van der Waals surface area contributed by atoms with Gasteiger partial charge in [-0.3, -0.25) is 0 Å². The van der Waals surface area contributed by atoms with Crippen molar-refractivity contribution in [3.63, 3.8) is 0 Å². The second kappa shape index (κ2) is 3.39. The van der Waals surface area contributed by atoms with Gasteiger partial charge in [0.05, 0.1) is 18.4 Å². The molecule has 2 rings (SSSR count). The molecule has 88 valence electrons. The highest BCUT2D eigenvalue weighted by Gasteiger charge is 2.38. The fourth-order valence-electron chi connectivity index (χ4n) is 1.67. The molecule has 0 aromatic carbocycles. The molecule has 5 nitrogen and oxygen atoms in total. The Kier molecular flexibility index (Phi) is 2.28. The van der Waals surface area contributed by atoms with Gasteiger partial charge >= 0.3 is 12.3 Å². The van der Waals surface area contributed by atoms with E-state index in [9.17, 15) is 18.0 Å². The van der Waals surface area contributed by atoms with Gasteiger partial charge in [0.25, 0.3) is 0 Å². The Morgan fingerprint density at radius 1 is 1.44 bits per heavy atom. The van der Waals surface area contributed by atoms with E-state index in [0.717, 1.165) is 15.7 Å². The zero-order valence-electron chi connectivity index (χ0n) is 8.03. The molecule has 8 heteroatoms. The minimum absolute atomic E-state index is 0.0174. The minimum atomic E-state index is -4.50. The number of fused-ring (bicyclic) bond motifs is 1. The Morgan fingerprint density at radius 2 is 2.12 bits per heavy atom. The zero-order valence-corrected chi connectivity index (χ0v) is 8.03. The van der Waals surface area contributed by atoms with Crippen molar-refractivity contribution in [3.05, 3.63) is 17.7 Å². The van der Waals surface area contributed by atoms with E-state index in [4.69, 9.17) is 5.11 Å². The van der Waals surface area contributed by atoms with Crippen molar-refractivity contribution in [2.75, 3.05) is 6.54 Å². The fourth-order valence-corrected chi connectivity index (χ4v) is 1.67. The molecule has 0 radical (unpaired) electrons. The van der Waals surface area contributed by atoms with E-state index in [1.54, 1.807) is 0 Å². The third-order valence-corrected chi connectivity index (χ3v) is 2.41. The van der Waals surface area contributed by atoms with Crippen LogP contribution in [0.15, 0.2) is 6.20 Å². The minimum Gasteiger partial charge on any atom is -0.465 e. The molecule has 0 saturated heterocycles. The lowest BCUT2D eigenvalue weighted by atomic mass is 10.3. The first-order valence-electron chi connectivity index (χ1n) is 4.49. The third-order valence-electron chi connectivity index (χ3n) is 2.41. The molecule has 0 aliphatic carbocycles. The first-order chi connectivity index (χ1) is 7.39. The molecule has 1 N–H and O–H groups in total. The maximum Gasteiger partial charge on any atom is 0.449 e. The van der Waals surface area contributed by atoms with Gasteiger partial charge in [0.15, 0.2) is 0 Å². The largest absolute Gasteiger partial charge is 0.465 e. The smallest absolute Gasteiger partial charge is 0.449 e. The number of alkyl halides is 3. The van der Waals surface area contributed by atoms with Crippen LogP contribution in [0.4, 0.5) is 18.0 Å². The van der Waals surface area contributed by atoms with Crippen LogP contribution in [-0.4, -0.2) is 32.2 Å². The van der Waals surface area contributed by atoms with Crippen LogP contribution >= 0.6 is 0 Å². The molecule has 1 aliphatic rings. The Balaban J connectivity index is 2.31. The predicted octanol–water partition coefficient (Wildman–Crippen LogP) is 1.40. The standard InChI is InChI=1S/C8H8F3N3O2/c9-8(10,11)6-12-3-5-4-13(7(15)16)1-2-14(5)6/h3H,1-2,4H2,(H,15,16). The number of rotatable bonds is 0. The van der Waals surface area contributed by atoms with Crippen LogP contribution < -0.4 is 0 Å². The number of imidazole rings is 1. The Hall–Kier alpha value is -1.73. The van der Waals surface area contributed by atoms with Crippen LogP contribution in [0.3, 0.4) is 0 Å². The summed E-state index contributed by atoms with van der Waals surface area (Å²) in [6.45, 7) is -0.0311. The molecular formula is C8H8F3N3O2. The summed E-state index contributed by atoms with van der Waals surface area (Å²) in [4.78, 5) is 15.0. The highest BCUT2D eigenvalue weighted by molar-refractivity contribution is 5.65. The fraction of sp³-hybridized carbons (Fsp3) is 0.500. The van der Waals surface area contributed by atoms with E-state index in [1.807, 2.05) is 0 Å². The van der Waals surface area contributed by atoms with Gasteiger partial charge in [0.2, 0.25) is 5.82 Å². The second-order valence-electron chi connectivity index (χ2n) is 3.43. The van der Waals surface area contributed by atoms with Crippen molar-refractivity contribution >= 4 is 6.09 Å². The van der Waals surface area contributed by atoms with E-state index >= 15 is 0 Å². The number of aromatic nitrogens is 2. The molecule has 0 fully saturated rings. The van der Waals surface area contributed by atoms with Crippen LogP contribution in [-0.2, 0) is 19.3 Å². The maximum absolute atomic E-state index is 12.5. The Morgan fingerprint density at radius 3 is 2.69 bits per heavy atom. The average molecular weight is 235 g/mol. The number of hydrogen-bond acceptors (Lipinski definition) is 2. The van der Waals surface area contributed by atoms with Gasteiger partial charge in [-0.15, -0.1) is 0 Å². The average Bonchev–Trinajstić information content (AvgIpc) is 2.58. The first kappa shape index (κ1) is 10.8.